The Morgan fingerprint density at radius 1 is 0.789 bits per heavy atom. The first kappa shape index (κ1) is 37.3. The maximum atomic E-state index is 13.6. The highest BCUT2D eigenvalue weighted by Gasteiger charge is 2.61. The minimum Gasteiger partial charge on any atom is -0.481 e. The van der Waals surface area contributed by atoms with Crippen molar-refractivity contribution in [3.63, 3.8) is 0 Å². The van der Waals surface area contributed by atoms with Crippen LogP contribution in [0.1, 0.15) is 67.2 Å². The second-order valence-electron chi connectivity index (χ2n) is 16.0. The van der Waals surface area contributed by atoms with Gasteiger partial charge in [0.05, 0.1) is 23.9 Å². The van der Waals surface area contributed by atoms with Gasteiger partial charge in [0.2, 0.25) is 0 Å². The molecule has 10 heteroatoms. The fourth-order valence-electron chi connectivity index (χ4n) is 7.46. The van der Waals surface area contributed by atoms with Gasteiger partial charge in [-0.2, -0.15) is 0 Å². The molecule has 1 N–H and O–H groups in total. The Bertz CT molecular complexity index is 813. The largest absolute Gasteiger partial charge is 0.481 e. The molecule has 0 heterocycles. The molecule has 0 aromatic heterocycles. The number of aliphatic carboxylic acids is 1. The lowest BCUT2D eigenvalue weighted by Crippen LogP contribution is -2.82. The van der Waals surface area contributed by atoms with E-state index in [0.717, 1.165) is 6.42 Å². The number of ether oxygens (including phenoxy) is 2. The summed E-state index contributed by atoms with van der Waals surface area (Å²) in [6, 6.07) is 1.20. The van der Waals surface area contributed by atoms with Crippen LogP contribution in [0.2, 0.25) is 65.0 Å². The first-order valence-electron chi connectivity index (χ1n) is 14.2. The van der Waals surface area contributed by atoms with E-state index in [9.17, 15) is 19.5 Å². The van der Waals surface area contributed by atoms with Crippen molar-refractivity contribution >= 4 is 47.3 Å². The highest BCUT2D eigenvalue weighted by Crippen LogP contribution is 2.43. The molecule has 38 heavy (non-hydrogen) atoms. The van der Waals surface area contributed by atoms with Crippen LogP contribution in [-0.2, 0) is 23.9 Å². The van der Waals surface area contributed by atoms with Crippen molar-refractivity contribution in [1.82, 2.24) is 0 Å². The van der Waals surface area contributed by atoms with E-state index in [-0.39, 0.29) is 18.8 Å². The summed E-state index contributed by atoms with van der Waals surface area (Å²) >= 11 is 0. The average molecular weight is 605 g/mol. The molecule has 0 saturated heterocycles. The van der Waals surface area contributed by atoms with Crippen molar-refractivity contribution in [3.05, 3.63) is 0 Å². The molecule has 0 spiro atoms. The summed E-state index contributed by atoms with van der Waals surface area (Å²) in [4.78, 5) is 38.1. The van der Waals surface area contributed by atoms with Crippen molar-refractivity contribution in [1.29, 1.82) is 0 Å². The number of carboxylic acids is 1. The molecule has 2 atom stereocenters. The summed E-state index contributed by atoms with van der Waals surface area (Å²) in [5.41, 5.74) is -2.66. The Morgan fingerprint density at radius 2 is 1.21 bits per heavy atom. The molecular formula is C28H60O6Si4. The number of rotatable bonds is 15. The maximum Gasteiger partial charge on any atom is 0.312 e. The normalized spacial score (nSPS) is 16.4. The van der Waals surface area contributed by atoms with E-state index < -0.39 is 63.7 Å². The van der Waals surface area contributed by atoms with Gasteiger partial charge < -0.3 is 14.6 Å². The molecule has 0 rings (SSSR count). The van der Waals surface area contributed by atoms with Crippen LogP contribution in [0.3, 0.4) is 0 Å². The lowest BCUT2D eigenvalue weighted by Gasteiger charge is -2.58. The molecule has 0 fully saturated rings. The molecule has 0 aliphatic rings. The van der Waals surface area contributed by atoms with Gasteiger partial charge in [0, 0.05) is 29.4 Å². The van der Waals surface area contributed by atoms with Gasteiger partial charge in [0.15, 0.2) is 0 Å². The van der Waals surface area contributed by atoms with Crippen LogP contribution in [0, 0.1) is 16.7 Å². The monoisotopic (exact) mass is 604 g/mol. The van der Waals surface area contributed by atoms with Gasteiger partial charge in [0.1, 0.15) is 5.60 Å². The predicted octanol–water partition coefficient (Wildman–Crippen LogP) is 7.49. The zero-order valence-electron chi connectivity index (χ0n) is 27.6. The molecule has 0 aliphatic carbocycles. The lowest BCUT2D eigenvalue weighted by atomic mass is 9.73. The molecule has 0 aromatic rings. The van der Waals surface area contributed by atoms with E-state index in [2.05, 4.69) is 58.9 Å². The standard InChI is InChI=1S/C28H60O6Si4/c1-17-28(6,24(30)31)21-22(23(29)33-7)20-26(2,3)25(32)34-27(4,5)18-19-38(35(8,9)10,36(11,12)13)37(14,15)16/h22H,17-21H2,1-16H3,(H,30,31). The van der Waals surface area contributed by atoms with E-state index in [1.54, 1.807) is 27.7 Å². The summed E-state index contributed by atoms with van der Waals surface area (Å²) in [7, 11) is -3.00. The summed E-state index contributed by atoms with van der Waals surface area (Å²) in [6.45, 7) is 32.7. The Labute approximate surface area is 237 Å². The minimum absolute atomic E-state index is 0.113. The Hall–Kier alpha value is -0.722. The van der Waals surface area contributed by atoms with Crippen molar-refractivity contribution in [2.24, 2.45) is 16.7 Å². The van der Waals surface area contributed by atoms with Gasteiger partial charge in [-0.05, 0) is 60.3 Å². The second kappa shape index (κ2) is 12.4. The van der Waals surface area contributed by atoms with Crippen LogP contribution in [-0.4, -0.2) is 65.1 Å². The average Bonchev–Trinajstić information content (AvgIpc) is 2.68. The molecular weight excluding hydrogens is 545 g/mol. The zero-order chi connectivity index (χ0) is 30.8. The van der Waals surface area contributed by atoms with Gasteiger partial charge in [-0.15, -0.1) is 0 Å². The number of carboxylic acid groups (broad SMARTS) is 1. The molecule has 0 bridgehead atoms. The van der Waals surface area contributed by atoms with Crippen molar-refractivity contribution in [3.8, 4) is 0 Å². The number of hydrogen-bond donors (Lipinski definition) is 1. The third kappa shape index (κ3) is 8.64. The fourth-order valence-corrected chi connectivity index (χ4v) is 106. The third-order valence-corrected chi connectivity index (χ3v) is 83.6. The van der Waals surface area contributed by atoms with Crippen LogP contribution in [0.15, 0.2) is 0 Å². The number of methoxy groups -OCH3 is 1. The molecule has 0 amide bonds. The van der Waals surface area contributed by atoms with Gasteiger partial charge in [-0.25, -0.2) is 0 Å². The molecule has 0 radical (unpaired) electrons. The van der Waals surface area contributed by atoms with E-state index in [0.29, 0.717) is 6.42 Å². The van der Waals surface area contributed by atoms with Gasteiger partial charge in [-0.1, -0.05) is 71.9 Å². The summed E-state index contributed by atoms with van der Waals surface area (Å²) < 4.78 is 11.2. The Kier molecular flexibility index (Phi) is 12.2. The molecule has 224 valence electrons. The lowest BCUT2D eigenvalue weighted by molar-refractivity contribution is -0.169. The smallest absolute Gasteiger partial charge is 0.312 e. The number of carbonyl (C=O) groups is 3. The van der Waals surface area contributed by atoms with E-state index in [1.165, 1.54) is 13.2 Å². The molecule has 6 nitrogen and oxygen atoms in total. The van der Waals surface area contributed by atoms with Gasteiger partial charge in [-0.3, -0.25) is 14.4 Å². The molecule has 2 unspecified atom stereocenters. The van der Waals surface area contributed by atoms with Crippen LogP contribution >= 0.6 is 0 Å². The van der Waals surface area contributed by atoms with Crippen LogP contribution in [0.4, 0.5) is 0 Å². The van der Waals surface area contributed by atoms with Crippen LogP contribution < -0.4 is 0 Å². The van der Waals surface area contributed by atoms with Gasteiger partial charge >= 0.3 is 17.9 Å². The Morgan fingerprint density at radius 3 is 1.53 bits per heavy atom. The predicted molar refractivity (Wildman–Crippen MR) is 170 cm³/mol. The minimum atomic E-state index is -1.59. The fraction of sp³-hybridized carbons (Fsp3) is 0.893. The van der Waals surface area contributed by atoms with Gasteiger partial charge in [0.25, 0.3) is 0 Å². The molecule has 0 aliphatic heterocycles. The SMILES string of the molecule is CCC(C)(CC(CC(C)(C)C(=O)OC(C)(C)CC[Si]([Si](C)(C)C)([Si](C)(C)C)[Si](C)(C)C)C(=O)OC)C(=O)O. The number of carbonyl (C=O) groups excluding carboxylic acids is 2. The molecule has 0 aromatic carbocycles. The van der Waals surface area contributed by atoms with E-state index in [1.807, 2.05) is 13.8 Å². The third-order valence-electron chi connectivity index (χ3n) is 9.15. The highest BCUT2D eigenvalue weighted by atomic mass is 29.9. The molecule has 0 saturated carbocycles. The zero-order valence-corrected chi connectivity index (χ0v) is 31.6. The Balaban J connectivity index is 5.99. The number of esters is 2. The first-order valence-corrected chi connectivity index (χ1v) is 29.9. The first-order chi connectivity index (χ1) is 16.6. The van der Waals surface area contributed by atoms with Crippen LogP contribution in [0.25, 0.3) is 0 Å². The van der Waals surface area contributed by atoms with E-state index >= 15 is 0 Å². The quantitative estimate of drug-likeness (QED) is 0.154. The van der Waals surface area contributed by atoms with Crippen LogP contribution in [0.5, 0.6) is 0 Å². The van der Waals surface area contributed by atoms with Crippen molar-refractivity contribution < 1.29 is 29.0 Å². The van der Waals surface area contributed by atoms with Crippen molar-refractivity contribution in [2.45, 2.75) is 138 Å². The summed E-state index contributed by atoms with van der Waals surface area (Å²) in [5, 5.41) is 9.76. The second-order valence-corrected chi connectivity index (χ2v) is 57.5. The maximum absolute atomic E-state index is 13.6. The van der Waals surface area contributed by atoms with Crippen molar-refractivity contribution in [2.75, 3.05) is 7.11 Å². The van der Waals surface area contributed by atoms with E-state index in [4.69, 9.17) is 9.47 Å². The number of hydrogen-bond acceptors (Lipinski definition) is 5. The summed E-state index contributed by atoms with van der Waals surface area (Å²) in [5.74, 6) is -2.49. The highest BCUT2D eigenvalue weighted by molar-refractivity contribution is 7.89. The topological polar surface area (TPSA) is 89.9 Å². The summed E-state index contributed by atoms with van der Waals surface area (Å²) in [6.07, 6.45) is 1.52.